The van der Waals surface area contributed by atoms with Gasteiger partial charge in [0.15, 0.2) is 0 Å². The third kappa shape index (κ3) is 3.93. The van der Waals surface area contributed by atoms with E-state index < -0.39 is 0 Å². The molecule has 1 atom stereocenters. The molecule has 1 fully saturated rings. The van der Waals surface area contributed by atoms with Crippen molar-refractivity contribution in [2.75, 3.05) is 11.4 Å². The van der Waals surface area contributed by atoms with Gasteiger partial charge in [0.2, 0.25) is 0 Å². The zero-order valence-electron chi connectivity index (χ0n) is 18.4. The fraction of sp³-hybridized carbons (Fsp3) is 0.538. The first kappa shape index (κ1) is 20.0. The van der Waals surface area contributed by atoms with Crippen molar-refractivity contribution >= 4 is 5.69 Å². The second-order valence-corrected chi connectivity index (χ2v) is 9.87. The van der Waals surface area contributed by atoms with Gasteiger partial charge in [-0.05, 0) is 68.2 Å². The molecule has 0 aromatic heterocycles. The summed E-state index contributed by atoms with van der Waals surface area (Å²) in [5, 5.41) is 0. The molecule has 1 aliphatic heterocycles. The molecule has 3 rings (SSSR count). The summed E-state index contributed by atoms with van der Waals surface area (Å²) >= 11 is 0. The van der Waals surface area contributed by atoms with Gasteiger partial charge in [-0.1, -0.05) is 70.2 Å². The molecule has 1 unspecified atom stereocenters. The Bertz CT molecular complexity index is 784. The number of rotatable bonds is 5. The van der Waals surface area contributed by atoms with E-state index in [0.29, 0.717) is 5.92 Å². The lowest BCUT2D eigenvalue weighted by atomic mass is 9.77. The molecule has 0 bridgehead atoms. The first-order chi connectivity index (χ1) is 12.7. The Labute approximate surface area is 166 Å². The smallest absolute Gasteiger partial charge is 0.0433 e. The van der Waals surface area contributed by atoms with Crippen LogP contribution in [0.25, 0.3) is 0 Å². The Morgan fingerprint density at radius 1 is 1.00 bits per heavy atom. The van der Waals surface area contributed by atoms with E-state index in [1.807, 2.05) is 0 Å². The number of nitrogens with zero attached hydrogens (tertiary/aromatic N) is 1. The third-order valence-electron chi connectivity index (χ3n) is 6.33. The summed E-state index contributed by atoms with van der Waals surface area (Å²) in [6.07, 6.45) is 3.43. The van der Waals surface area contributed by atoms with Gasteiger partial charge in [-0.2, -0.15) is 0 Å². The minimum absolute atomic E-state index is 0.154. The maximum atomic E-state index is 2.68. The Kier molecular flexibility index (Phi) is 5.43. The van der Waals surface area contributed by atoms with Gasteiger partial charge >= 0.3 is 0 Å². The molecule has 0 N–H and O–H groups in total. The van der Waals surface area contributed by atoms with Crippen LogP contribution in [-0.4, -0.2) is 12.1 Å². The summed E-state index contributed by atoms with van der Waals surface area (Å²) in [5.74, 6) is 0.709. The standard InChI is InChI=1S/C26H37N/c1-8-22-11-9-10-20(4)24(22)27-18-26(7,17-25(27,5)6)23-14-12-21(13-15-23)16-19(2)3/h9-15,19H,8,16-18H2,1-7H3. The molecule has 2 aromatic carbocycles. The summed E-state index contributed by atoms with van der Waals surface area (Å²) in [6.45, 7) is 17.5. The molecule has 1 saturated heterocycles. The second kappa shape index (κ2) is 7.34. The summed E-state index contributed by atoms with van der Waals surface area (Å²) in [5.41, 5.74) is 7.62. The van der Waals surface area contributed by atoms with E-state index >= 15 is 0 Å². The number of para-hydroxylation sites is 1. The fourth-order valence-corrected chi connectivity index (χ4v) is 5.15. The van der Waals surface area contributed by atoms with Crippen molar-refractivity contribution in [2.24, 2.45) is 5.92 Å². The summed E-state index contributed by atoms with van der Waals surface area (Å²) in [4.78, 5) is 2.68. The van der Waals surface area contributed by atoms with Gasteiger partial charge in [-0.15, -0.1) is 0 Å². The molecular weight excluding hydrogens is 326 g/mol. The molecule has 1 nitrogen and oxygen atoms in total. The highest BCUT2D eigenvalue weighted by Crippen LogP contribution is 2.47. The molecule has 0 amide bonds. The van der Waals surface area contributed by atoms with Gasteiger partial charge in [0.05, 0.1) is 0 Å². The monoisotopic (exact) mass is 363 g/mol. The van der Waals surface area contributed by atoms with Gasteiger partial charge < -0.3 is 4.90 Å². The number of benzene rings is 2. The molecule has 0 radical (unpaired) electrons. The first-order valence-electron chi connectivity index (χ1n) is 10.6. The van der Waals surface area contributed by atoms with Gasteiger partial charge in [-0.3, -0.25) is 0 Å². The lowest BCUT2D eigenvalue weighted by Gasteiger charge is -2.36. The quantitative estimate of drug-likeness (QED) is 0.571. The van der Waals surface area contributed by atoms with Gasteiger partial charge in [0.1, 0.15) is 0 Å². The molecular formula is C26H37N. The van der Waals surface area contributed by atoms with Crippen LogP contribution in [-0.2, 0) is 18.3 Å². The Balaban J connectivity index is 1.94. The Morgan fingerprint density at radius 2 is 1.67 bits per heavy atom. The molecule has 0 aliphatic carbocycles. The highest BCUT2D eigenvalue weighted by atomic mass is 15.2. The largest absolute Gasteiger partial charge is 0.365 e. The fourth-order valence-electron chi connectivity index (χ4n) is 5.15. The molecule has 146 valence electrons. The van der Waals surface area contributed by atoms with E-state index in [0.717, 1.165) is 19.4 Å². The minimum atomic E-state index is 0.154. The second-order valence-electron chi connectivity index (χ2n) is 9.87. The van der Waals surface area contributed by atoms with Crippen molar-refractivity contribution in [3.63, 3.8) is 0 Å². The predicted molar refractivity (Wildman–Crippen MR) is 119 cm³/mol. The topological polar surface area (TPSA) is 3.24 Å². The van der Waals surface area contributed by atoms with Crippen LogP contribution in [0.5, 0.6) is 0 Å². The van der Waals surface area contributed by atoms with Crippen LogP contribution in [0, 0.1) is 12.8 Å². The first-order valence-corrected chi connectivity index (χ1v) is 10.6. The van der Waals surface area contributed by atoms with Crippen LogP contribution >= 0.6 is 0 Å². The molecule has 1 heteroatoms. The van der Waals surface area contributed by atoms with Crippen molar-refractivity contribution in [1.82, 2.24) is 0 Å². The van der Waals surface area contributed by atoms with Crippen LogP contribution in [0.2, 0.25) is 0 Å². The van der Waals surface area contributed by atoms with Gasteiger partial charge in [-0.25, -0.2) is 0 Å². The van der Waals surface area contributed by atoms with Gasteiger partial charge in [0.25, 0.3) is 0 Å². The van der Waals surface area contributed by atoms with E-state index in [1.54, 1.807) is 0 Å². The van der Waals surface area contributed by atoms with Crippen molar-refractivity contribution in [3.8, 4) is 0 Å². The lowest BCUT2D eigenvalue weighted by Crippen LogP contribution is -2.39. The van der Waals surface area contributed by atoms with Crippen molar-refractivity contribution in [2.45, 2.75) is 78.7 Å². The highest BCUT2D eigenvalue weighted by Gasteiger charge is 2.47. The van der Waals surface area contributed by atoms with Gasteiger partial charge in [0, 0.05) is 23.2 Å². The third-order valence-corrected chi connectivity index (χ3v) is 6.33. The normalized spacial score (nSPS) is 21.9. The van der Waals surface area contributed by atoms with Crippen LogP contribution in [0.4, 0.5) is 5.69 Å². The maximum Gasteiger partial charge on any atom is 0.0433 e. The molecule has 1 aliphatic rings. The van der Waals surface area contributed by atoms with Crippen LogP contribution < -0.4 is 4.90 Å². The number of hydrogen-bond donors (Lipinski definition) is 0. The van der Waals surface area contributed by atoms with E-state index in [9.17, 15) is 0 Å². The zero-order valence-corrected chi connectivity index (χ0v) is 18.4. The number of anilines is 1. The van der Waals surface area contributed by atoms with E-state index in [4.69, 9.17) is 0 Å². The summed E-state index contributed by atoms with van der Waals surface area (Å²) < 4.78 is 0. The molecule has 1 heterocycles. The molecule has 2 aromatic rings. The average molecular weight is 364 g/mol. The van der Waals surface area contributed by atoms with Crippen LogP contribution in [0.3, 0.4) is 0 Å². The summed E-state index contributed by atoms with van der Waals surface area (Å²) in [6, 6.07) is 16.2. The maximum absolute atomic E-state index is 2.68. The molecule has 27 heavy (non-hydrogen) atoms. The van der Waals surface area contributed by atoms with Crippen molar-refractivity contribution in [1.29, 1.82) is 0 Å². The SMILES string of the molecule is CCc1cccc(C)c1N1CC(C)(c2ccc(CC(C)C)cc2)CC1(C)C. The molecule has 0 spiro atoms. The minimum Gasteiger partial charge on any atom is -0.365 e. The number of hydrogen-bond acceptors (Lipinski definition) is 1. The zero-order chi connectivity index (χ0) is 19.8. The Morgan fingerprint density at radius 3 is 2.26 bits per heavy atom. The Hall–Kier alpha value is -1.76. The highest BCUT2D eigenvalue weighted by molar-refractivity contribution is 5.63. The van der Waals surface area contributed by atoms with E-state index in [-0.39, 0.29) is 11.0 Å². The van der Waals surface area contributed by atoms with E-state index in [1.165, 1.54) is 34.4 Å². The van der Waals surface area contributed by atoms with E-state index in [2.05, 4.69) is 95.8 Å². The average Bonchev–Trinajstić information content (AvgIpc) is 2.84. The molecule has 0 saturated carbocycles. The lowest BCUT2D eigenvalue weighted by molar-refractivity contribution is 0.444. The van der Waals surface area contributed by atoms with Crippen LogP contribution in [0.15, 0.2) is 42.5 Å². The van der Waals surface area contributed by atoms with Crippen molar-refractivity contribution in [3.05, 3.63) is 64.7 Å². The predicted octanol–water partition coefficient (Wildman–Crippen LogP) is 6.70. The van der Waals surface area contributed by atoms with Crippen molar-refractivity contribution < 1.29 is 0 Å². The summed E-state index contributed by atoms with van der Waals surface area (Å²) in [7, 11) is 0. The number of aryl methyl sites for hydroxylation is 2. The van der Waals surface area contributed by atoms with Crippen LogP contribution in [0.1, 0.15) is 70.2 Å².